The number of carbonyl (C=O) groups is 4. The lowest BCUT2D eigenvalue weighted by molar-refractivity contribution is 0.0739. The third kappa shape index (κ3) is 20.5. The summed E-state index contributed by atoms with van der Waals surface area (Å²) in [5, 5.41) is 23.1. The van der Waals surface area contributed by atoms with Gasteiger partial charge in [0, 0.05) is 173 Å². The largest absolute Gasteiger partial charge is 0.384 e. The van der Waals surface area contributed by atoms with E-state index >= 15 is 0 Å². The smallest absolute Gasteiger partial charge is 0.257 e. The maximum absolute atomic E-state index is 13.0. The van der Waals surface area contributed by atoms with Crippen LogP contribution in [0.15, 0.2) is 303 Å². The van der Waals surface area contributed by atoms with Gasteiger partial charge in [0.25, 0.3) is 23.6 Å². The van der Waals surface area contributed by atoms with Crippen molar-refractivity contribution in [1.29, 1.82) is 0 Å². The molecule has 2 aliphatic rings. The molecule has 2 fully saturated rings. The van der Waals surface area contributed by atoms with E-state index in [1.165, 1.54) is 24.8 Å². The number of benzene rings is 4. The average molecular weight is 1790 g/mol. The number of hydrogen-bond donors (Lipinski definition) is 5. The van der Waals surface area contributed by atoms with E-state index in [1.54, 1.807) is 166 Å². The minimum Gasteiger partial charge on any atom is -0.384 e. The topological polar surface area (TPSA) is 396 Å². The van der Waals surface area contributed by atoms with Gasteiger partial charge in [-0.3, -0.25) is 53.3 Å². The summed E-state index contributed by atoms with van der Waals surface area (Å²) in [7, 11) is -6.82. The standard InChI is InChI=1S/C26H24N4O3.C24H20N4O4S.C24H22N4O4S.C24H22N4O2S/c1-26(2,33)22-10-4-9-21(29-22)16-6-3-7-18(14-16)30-15-20(25(32)28-17-11-12-17)23(31)19-8-5-13-27-24(19)30;1-33(31,32)19-11-16(12-25-13-19)15-4-2-5-18(10-15)28-14-21(24(30)27-17-7-8-17)22(29)20-6-3-9-26-23(20)28;1-15(2)27-24(30)21-14-28(23-20(22(21)29)8-5-9-26-23)18-7-4-6-16(10-18)17-11-19(13-25-12-17)33(3,31)32;1-15(2)27-24(30)21-14-28(23-20(22(21)29)8-5-9-26-23)18-7-4-6-16(10-18)17-11-19(31-3)13-25-12-17/h3-10,13-15,17,33H,11-12H2,1-2H3,(H,28,32);2-6,9-14,17H,7-8H2,1H3,(H,27,30);4-15H,1-3H3,(H,27,30);4-15H,1-3H3,(H,27,30). The van der Waals surface area contributed by atoms with Crippen LogP contribution in [0.3, 0.4) is 0 Å². The summed E-state index contributed by atoms with van der Waals surface area (Å²) in [6.07, 6.45) is 30.0. The first-order valence-electron chi connectivity index (χ1n) is 41.4. The highest BCUT2D eigenvalue weighted by atomic mass is 32.2. The molecule has 0 unspecified atom stereocenters. The molecule has 29 nitrogen and oxygen atoms in total. The zero-order valence-electron chi connectivity index (χ0n) is 72.0. The molecule has 0 bridgehead atoms. The van der Waals surface area contributed by atoms with Crippen LogP contribution in [-0.2, 0) is 25.3 Å². The van der Waals surface area contributed by atoms with Gasteiger partial charge in [0.1, 0.15) is 50.4 Å². The maximum atomic E-state index is 13.0. The molecule has 5 N–H and O–H groups in total. The summed E-state index contributed by atoms with van der Waals surface area (Å²) in [5.74, 6) is -1.62. The Morgan fingerprint density at radius 1 is 0.400 bits per heavy atom. The Morgan fingerprint density at radius 3 is 1.04 bits per heavy atom. The minimum atomic E-state index is -3.41. The van der Waals surface area contributed by atoms with Crippen LogP contribution in [0.2, 0.25) is 0 Å². The second-order valence-electron chi connectivity index (χ2n) is 32.4. The van der Waals surface area contributed by atoms with E-state index in [0.29, 0.717) is 78.0 Å². The Kier molecular flexibility index (Phi) is 26.2. The SMILES string of the molecule is CC(C)(O)c1cccc(-c2cccc(-n3cc(C(=O)NC4CC4)c(=O)c4cccnc43)c2)n1.CC(C)NC(=O)c1cn(-c2cccc(-c3cncc(S(C)(=O)=O)c3)c2)c2ncccc2c1=O.CS(=O)(=O)c1cncc(-c2cccc(-n3cc(C(=O)NC4CC4)c(=O)c4cccnc43)c2)c1.CSc1cncc(-c2cccc(-n3cc(C(=O)NC(C)C)c(=O)c4cccnc43)c2)c1. The van der Waals surface area contributed by atoms with Crippen molar-refractivity contribution >= 4 is 99.2 Å². The molecule has 0 aliphatic heterocycles. The molecule has 4 aromatic carbocycles. The van der Waals surface area contributed by atoms with Gasteiger partial charge in [0.05, 0.1) is 42.7 Å². The molecule has 16 aromatic rings. The fourth-order valence-corrected chi connectivity index (χ4v) is 15.8. The van der Waals surface area contributed by atoms with Crippen molar-refractivity contribution in [3.8, 4) is 67.4 Å². The van der Waals surface area contributed by atoms with Crippen LogP contribution in [0.25, 0.3) is 112 Å². The van der Waals surface area contributed by atoms with Crippen molar-refractivity contribution in [3.05, 3.63) is 338 Å². The van der Waals surface area contributed by atoms with Crippen molar-refractivity contribution in [2.75, 3.05) is 18.8 Å². The summed E-state index contributed by atoms with van der Waals surface area (Å²) in [6.45, 7) is 10.8. The van der Waals surface area contributed by atoms with Gasteiger partial charge in [0.15, 0.2) is 19.7 Å². The molecule has 2 aliphatic carbocycles. The Bertz CT molecular complexity index is 7450. The number of pyridine rings is 12. The summed E-state index contributed by atoms with van der Waals surface area (Å²) < 4.78 is 54.7. The van der Waals surface area contributed by atoms with E-state index in [0.717, 1.165) is 82.3 Å². The predicted octanol–water partition coefficient (Wildman–Crippen LogP) is 13.6. The Morgan fingerprint density at radius 2 is 0.715 bits per heavy atom. The monoisotopic (exact) mass is 1790 g/mol. The number of amides is 4. The Labute approximate surface area is 750 Å². The van der Waals surface area contributed by atoms with Crippen LogP contribution in [0.5, 0.6) is 0 Å². The first-order chi connectivity index (χ1) is 62.2. The van der Waals surface area contributed by atoms with Crippen molar-refractivity contribution < 1.29 is 41.1 Å². The van der Waals surface area contributed by atoms with E-state index in [-0.39, 0.29) is 78.4 Å². The second-order valence-corrected chi connectivity index (χ2v) is 37.3. The lowest BCUT2D eigenvalue weighted by Gasteiger charge is -2.17. The number of fused-ring (bicyclic) bond motifs is 4. The molecule has 130 heavy (non-hydrogen) atoms. The van der Waals surface area contributed by atoms with Crippen LogP contribution < -0.4 is 43.0 Å². The lowest BCUT2D eigenvalue weighted by atomic mass is 10.0. The zero-order valence-corrected chi connectivity index (χ0v) is 74.4. The summed E-state index contributed by atoms with van der Waals surface area (Å²) in [5.41, 5.74) is 9.23. The molecule has 0 atom stereocenters. The molecule has 12 aromatic heterocycles. The van der Waals surface area contributed by atoms with Gasteiger partial charge in [-0.1, -0.05) is 54.6 Å². The molecule has 18 rings (SSSR count). The normalized spacial score (nSPS) is 12.6. The fourth-order valence-electron chi connectivity index (χ4n) is 14.2. The van der Waals surface area contributed by atoms with Gasteiger partial charge in [-0.05, 0) is 218 Å². The molecular weight excluding hydrogens is 1710 g/mol. The molecule has 656 valence electrons. The number of nitrogens with one attached hydrogen (secondary N) is 4. The summed E-state index contributed by atoms with van der Waals surface area (Å²) in [6, 6.07) is 54.3. The van der Waals surface area contributed by atoms with E-state index in [1.807, 2.05) is 149 Å². The van der Waals surface area contributed by atoms with Crippen LogP contribution in [0.1, 0.15) is 114 Å². The van der Waals surface area contributed by atoms with Crippen LogP contribution in [0.4, 0.5) is 0 Å². The van der Waals surface area contributed by atoms with Crippen molar-refractivity contribution in [1.82, 2.24) is 79.4 Å². The van der Waals surface area contributed by atoms with E-state index < -0.39 is 48.4 Å². The highest BCUT2D eigenvalue weighted by molar-refractivity contribution is 7.98. The highest BCUT2D eigenvalue weighted by Crippen LogP contribution is 2.33. The maximum Gasteiger partial charge on any atom is 0.257 e. The molecule has 2 saturated carbocycles. The van der Waals surface area contributed by atoms with Gasteiger partial charge in [-0.15, -0.1) is 11.8 Å². The number of nitrogens with zero attached hydrogens (tertiary/aromatic N) is 12. The van der Waals surface area contributed by atoms with Gasteiger partial charge in [0.2, 0.25) is 21.7 Å². The fraction of sp³-hybridized carbons (Fsp3) is 0.184. The van der Waals surface area contributed by atoms with Gasteiger partial charge >= 0.3 is 0 Å². The quantitative estimate of drug-likeness (QED) is 0.0442. The molecule has 0 radical (unpaired) electrons. The highest BCUT2D eigenvalue weighted by Gasteiger charge is 2.30. The summed E-state index contributed by atoms with van der Waals surface area (Å²) in [4.78, 5) is 139. The van der Waals surface area contributed by atoms with Crippen LogP contribution >= 0.6 is 11.8 Å². The Balaban J connectivity index is 0.000000133. The molecule has 0 spiro atoms. The number of aromatic nitrogens is 12. The first-order valence-corrected chi connectivity index (χ1v) is 46.4. The molecule has 32 heteroatoms. The van der Waals surface area contributed by atoms with Gasteiger partial charge in [-0.2, -0.15) is 0 Å². The van der Waals surface area contributed by atoms with E-state index in [9.17, 15) is 60.3 Å². The Hall–Kier alpha value is -15.0. The van der Waals surface area contributed by atoms with Gasteiger partial charge < -0.3 is 44.6 Å². The number of rotatable bonds is 20. The number of hydrogen-bond acceptors (Lipinski definition) is 22. The number of aliphatic hydroxyl groups is 1. The molecule has 4 amide bonds. The van der Waals surface area contributed by atoms with Crippen molar-refractivity contribution in [2.24, 2.45) is 0 Å². The average Bonchev–Trinajstić information content (AvgIpc) is 1.61. The van der Waals surface area contributed by atoms with Gasteiger partial charge in [-0.25, -0.2) is 41.8 Å². The van der Waals surface area contributed by atoms with Crippen LogP contribution in [0, 0.1) is 0 Å². The molecular formula is C98H88N16O13S3. The van der Waals surface area contributed by atoms with Crippen molar-refractivity contribution in [2.45, 2.75) is 112 Å². The van der Waals surface area contributed by atoms with E-state index in [4.69, 9.17) is 0 Å². The van der Waals surface area contributed by atoms with Crippen LogP contribution in [-0.4, -0.2) is 147 Å². The molecule has 0 saturated heterocycles. The first kappa shape index (κ1) is 89.8. The third-order valence-corrected chi connectivity index (χ3v) is 23.9. The third-order valence-electron chi connectivity index (χ3n) is 21.1. The lowest BCUT2D eigenvalue weighted by Crippen LogP contribution is -2.34. The minimum absolute atomic E-state index is 0.00958. The second kappa shape index (κ2) is 37.9. The molecule has 12 heterocycles. The number of carbonyl (C=O) groups excluding carboxylic acids is 4. The summed E-state index contributed by atoms with van der Waals surface area (Å²) >= 11 is 1.63. The zero-order chi connectivity index (χ0) is 92.0. The van der Waals surface area contributed by atoms with E-state index in [2.05, 4.69) is 67.2 Å². The predicted molar refractivity (Wildman–Crippen MR) is 502 cm³/mol. The number of sulfone groups is 2. The van der Waals surface area contributed by atoms with Crippen molar-refractivity contribution in [3.63, 3.8) is 0 Å². The number of thioether (sulfide) groups is 1.